The van der Waals surface area contributed by atoms with Crippen molar-refractivity contribution in [3.63, 3.8) is 0 Å². The van der Waals surface area contributed by atoms with Gasteiger partial charge in [0.15, 0.2) is 0 Å². The fraction of sp³-hybridized carbons (Fsp3) is 0.429. The fourth-order valence-corrected chi connectivity index (χ4v) is 2.66. The van der Waals surface area contributed by atoms with Crippen molar-refractivity contribution in [1.29, 1.82) is 0 Å². The smallest absolute Gasteiger partial charge is 0.126 e. The molecule has 1 saturated heterocycles. The van der Waals surface area contributed by atoms with Gasteiger partial charge in [-0.2, -0.15) is 0 Å². The predicted octanol–water partition coefficient (Wildman–Crippen LogP) is 1.61. The molecule has 3 heterocycles. The van der Waals surface area contributed by atoms with Crippen LogP contribution in [0.15, 0.2) is 41.1 Å². The Kier molecular flexibility index (Phi) is 3.21. The lowest BCUT2D eigenvalue weighted by atomic mass is 10.1. The third-order valence-corrected chi connectivity index (χ3v) is 3.59. The Morgan fingerprint density at radius 1 is 1.22 bits per heavy atom. The molecule has 0 radical (unpaired) electrons. The molecule has 2 aromatic heterocycles. The second kappa shape index (κ2) is 5.00. The standard InChI is InChI=1S/C14H19N3O/c1-16-8-2-4-12(16)14(13-5-3-11-18-13)17-9-6-15-7-10-17/h2-5,8,11,14-15H,6-7,9-10H2,1H3. The highest BCUT2D eigenvalue weighted by atomic mass is 16.3. The van der Waals surface area contributed by atoms with Crippen molar-refractivity contribution in [2.24, 2.45) is 7.05 Å². The van der Waals surface area contributed by atoms with E-state index in [1.54, 1.807) is 6.26 Å². The summed E-state index contributed by atoms with van der Waals surface area (Å²) in [5.74, 6) is 1.03. The van der Waals surface area contributed by atoms with Gasteiger partial charge in [0.1, 0.15) is 11.8 Å². The number of furan rings is 1. The number of piperazine rings is 1. The highest BCUT2D eigenvalue weighted by Gasteiger charge is 2.27. The van der Waals surface area contributed by atoms with Gasteiger partial charge in [-0.1, -0.05) is 0 Å². The zero-order chi connectivity index (χ0) is 12.4. The first-order chi connectivity index (χ1) is 8.86. The molecular weight excluding hydrogens is 226 g/mol. The summed E-state index contributed by atoms with van der Waals surface area (Å²) in [6.07, 6.45) is 3.85. The third kappa shape index (κ3) is 2.09. The molecule has 0 saturated carbocycles. The summed E-state index contributed by atoms with van der Waals surface area (Å²) in [6, 6.07) is 8.53. The van der Waals surface area contributed by atoms with Gasteiger partial charge in [-0.3, -0.25) is 4.90 Å². The van der Waals surface area contributed by atoms with Crippen molar-refractivity contribution < 1.29 is 4.42 Å². The van der Waals surface area contributed by atoms with E-state index in [0.717, 1.165) is 31.9 Å². The van der Waals surface area contributed by atoms with Gasteiger partial charge in [0.25, 0.3) is 0 Å². The van der Waals surface area contributed by atoms with Gasteiger partial charge in [0.2, 0.25) is 0 Å². The molecule has 4 nitrogen and oxygen atoms in total. The first-order valence-electron chi connectivity index (χ1n) is 6.45. The third-order valence-electron chi connectivity index (χ3n) is 3.59. The number of hydrogen-bond donors (Lipinski definition) is 1. The summed E-state index contributed by atoms with van der Waals surface area (Å²) in [5.41, 5.74) is 1.28. The second-order valence-corrected chi connectivity index (χ2v) is 4.75. The minimum Gasteiger partial charge on any atom is -0.467 e. The minimum atomic E-state index is 0.224. The van der Waals surface area contributed by atoms with Crippen LogP contribution in [0.4, 0.5) is 0 Å². The van der Waals surface area contributed by atoms with Crippen LogP contribution in [0.5, 0.6) is 0 Å². The van der Waals surface area contributed by atoms with E-state index < -0.39 is 0 Å². The molecule has 1 fully saturated rings. The van der Waals surface area contributed by atoms with Crippen LogP contribution in [0.2, 0.25) is 0 Å². The molecule has 96 valence electrons. The van der Waals surface area contributed by atoms with Crippen LogP contribution >= 0.6 is 0 Å². The van der Waals surface area contributed by atoms with Crippen LogP contribution in [0.1, 0.15) is 17.5 Å². The van der Waals surface area contributed by atoms with Crippen LogP contribution < -0.4 is 5.32 Å². The summed E-state index contributed by atoms with van der Waals surface area (Å²) in [5, 5.41) is 3.40. The quantitative estimate of drug-likeness (QED) is 0.892. The van der Waals surface area contributed by atoms with E-state index in [1.807, 2.05) is 6.07 Å². The summed E-state index contributed by atoms with van der Waals surface area (Å²) < 4.78 is 7.83. The van der Waals surface area contributed by atoms with Crippen LogP contribution in [0.25, 0.3) is 0 Å². The molecule has 0 bridgehead atoms. The Morgan fingerprint density at radius 2 is 2.06 bits per heavy atom. The maximum Gasteiger partial charge on any atom is 0.126 e. The Morgan fingerprint density at radius 3 is 2.67 bits per heavy atom. The van der Waals surface area contributed by atoms with Gasteiger partial charge in [-0.05, 0) is 24.3 Å². The number of nitrogens with one attached hydrogen (secondary N) is 1. The Bertz CT molecular complexity index is 483. The molecule has 0 spiro atoms. The molecule has 1 unspecified atom stereocenters. The van der Waals surface area contributed by atoms with E-state index in [2.05, 4.69) is 46.2 Å². The first kappa shape index (κ1) is 11.6. The van der Waals surface area contributed by atoms with Crippen LogP contribution in [0, 0.1) is 0 Å². The largest absolute Gasteiger partial charge is 0.467 e. The lowest BCUT2D eigenvalue weighted by Crippen LogP contribution is -2.45. The summed E-state index contributed by atoms with van der Waals surface area (Å²) in [7, 11) is 2.09. The zero-order valence-corrected chi connectivity index (χ0v) is 10.7. The number of nitrogens with zero attached hydrogens (tertiary/aromatic N) is 2. The molecule has 1 aliphatic heterocycles. The Labute approximate surface area is 107 Å². The Hall–Kier alpha value is -1.52. The molecule has 2 aromatic rings. The van der Waals surface area contributed by atoms with Crippen molar-refractivity contribution >= 4 is 0 Å². The van der Waals surface area contributed by atoms with E-state index in [9.17, 15) is 0 Å². The molecular formula is C14H19N3O. The van der Waals surface area contributed by atoms with E-state index in [0.29, 0.717) is 0 Å². The van der Waals surface area contributed by atoms with Gasteiger partial charge < -0.3 is 14.3 Å². The molecule has 3 rings (SSSR count). The molecule has 0 aromatic carbocycles. The maximum atomic E-state index is 5.65. The second-order valence-electron chi connectivity index (χ2n) is 4.75. The first-order valence-corrected chi connectivity index (χ1v) is 6.45. The molecule has 4 heteroatoms. The highest BCUT2D eigenvalue weighted by Crippen LogP contribution is 2.29. The number of hydrogen-bond acceptors (Lipinski definition) is 3. The fourth-order valence-electron chi connectivity index (χ4n) is 2.66. The van der Waals surface area contributed by atoms with Gasteiger partial charge in [-0.25, -0.2) is 0 Å². The topological polar surface area (TPSA) is 33.3 Å². The van der Waals surface area contributed by atoms with E-state index in [4.69, 9.17) is 4.42 Å². The van der Waals surface area contributed by atoms with Gasteiger partial charge in [-0.15, -0.1) is 0 Å². The normalized spacial score (nSPS) is 18.9. The molecule has 0 amide bonds. The zero-order valence-electron chi connectivity index (χ0n) is 10.7. The van der Waals surface area contributed by atoms with Crippen molar-refractivity contribution in [1.82, 2.24) is 14.8 Å². The van der Waals surface area contributed by atoms with Crippen molar-refractivity contribution in [2.75, 3.05) is 26.2 Å². The minimum absolute atomic E-state index is 0.224. The summed E-state index contributed by atoms with van der Waals surface area (Å²) in [4.78, 5) is 2.48. The lowest BCUT2D eigenvalue weighted by molar-refractivity contribution is 0.175. The predicted molar refractivity (Wildman–Crippen MR) is 70.4 cm³/mol. The van der Waals surface area contributed by atoms with E-state index >= 15 is 0 Å². The number of aryl methyl sites for hydroxylation is 1. The summed E-state index contributed by atoms with van der Waals surface area (Å²) >= 11 is 0. The number of aromatic nitrogens is 1. The lowest BCUT2D eigenvalue weighted by Gasteiger charge is -2.34. The molecule has 18 heavy (non-hydrogen) atoms. The van der Waals surface area contributed by atoms with Gasteiger partial charge in [0, 0.05) is 45.1 Å². The Balaban J connectivity index is 1.96. The average molecular weight is 245 g/mol. The van der Waals surface area contributed by atoms with E-state index in [1.165, 1.54) is 5.69 Å². The molecule has 1 N–H and O–H groups in total. The van der Waals surface area contributed by atoms with Crippen LogP contribution in [-0.4, -0.2) is 35.6 Å². The van der Waals surface area contributed by atoms with Crippen molar-refractivity contribution in [2.45, 2.75) is 6.04 Å². The van der Waals surface area contributed by atoms with Crippen LogP contribution in [-0.2, 0) is 7.05 Å². The number of rotatable bonds is 3. The summed E-state index contributed by atoms with van der Waals surface area (Å²) in [6.45, 7) is 4.19. The average Bonchev–Trinajstić information content (AvgIpc) is 3.05. The monoisotopic (exact) mass is 245 g/mol. The van der Waals surface area contributed by atoms with Crippen LogP contribution in [0.3, 0.4) is 0 Å². The van der Waals surface area contributed by atoms with Gasteiger partial charge in [0.05, 0.1) is 6.26 Å². The van der Waals surface area contributed by atoms with Crippen molar-refractivity contribution in [3.8, 4) is 0 Å². The molecule has 1 atom stereocenters. The van der Waals surface area contributed by atoms with E-state index in [-0.39, 0.29) is 6.04 Å². The highest BCUT2D eigenvalue weighted by molar-refractivity contribution is 5.22. The maximum absolute atomic E-state index is 5.65. The molecule has 0 aliphatic carbocycles. The SMILES string of the molecule is Cn1cccc1C(c1ccco1)N1CCNCC1. The molecule has 1 aliphatic rings. The van der Waals surface area contributed by atoms with Gasteiger partial charge >= 0.3 is 0 Å². The van der Waals surface area contributed by atoms with Crippen molar-refractivity contribution in [3.05, 3.63) is 48.2 Å².